The lowest BCUT2D eigenvalue weighted by Gasteiger charge is -2.25. The molecular weight excluding hydrogens is 450 g/mol. The van der Waals surface area contributed by atoms with Crippen molar-refractivity contribution in [1.29, 1.82) is 0 Å². The molecule has 1 aliphatic carbocycles. The van der Waals surface area contributed by atoms with Crippen LogP contribution in [0.1, 0.15) is 55.5 Å². The molecule has 0 unspecified atom stereocenters. The monoisotopic (exact) mass is 487 g/mol. The van der Waals surface area contributed by atoms with Crippen molar-refractivity contribution in [3.63, 3.8) is 0 Å². The molecule has 1 fully saturated rings. The van der Waals surface area contributed by atoms with Crippen LogP contribution in [-0.4, -0.2) is 61.6 Å². The number of hydrogen-bond acceptors (Lipinski definition) is 5. The number of hydrogen-bond donors (Lipinski definition) is 3. The van der Waals surface area contributed by atoms with E-state index >= 15 is 0 Å². The summed E-state index contributed by atoms with van der Waals surface area (Å²) in [6.07, 6.45) is 3.34. The average Bonchev–Trinajstić information content (AvgIpc) is 3.67. The van der Waals surface area contributed by atoms with Crippen LogP contribution in [0.15, 0.2) is 59.5 Å². The van der Waals surface area contributed by atoms with Crippen LogP contribution in [-0.2, 0) is 16.4 Å². The number of benzene rings is 2. The first-order valence-corrected chi connectivity index (χ1v) is 13.7. The zero-order chi connectivity index (χ0) is 24.6. The number of aliphatic hydroxyl groups is 1. The molecule has 7 nitrogen and oxygen atoms in total. The highest BCUT2D eigenvalue weighted by atomic mass is 32.2. The average molecular weight is 488 g/mol. The summed E-state index contributed by atoms with van der Waals surface area (Å²) in [6.45, 7) is 5.15. The third-order valence-electron chi connectivity index (χ3n) is 5.95. The van der Waals surface area contributed by atoms with Crippen LogP contribution in [0.2, 0.25) is 0 Å². The Hall–Kier alpha value is -2.26. The molecule has 2 atom stereocenters. The van der Waals surface area contributed by atoms with E-state index < -0.39 is 28.1 Å². The van der Waals surface area contributed by atoms with E-state index in [1.807, 2.05) is 44.2 Å². The van der Waals surface area contributed by atoms with E-state index in [1.165, 1.54) is 16.4 Å². The maximum atomic E-state index is 13.2. The summed E-state index contributed by atoms with van der Waals surface area (Å²) in [5.41, 5.74) is 1.26. The van der Waals surface area contributed by atoms with E-state index in [4.69, 9.17) is 0 Å². The van der Waals surface area contributed by atoms with Crippen molar-refractivity contribution in [1.82, 2.24) is 14.9 Å². The molecule has 1 saturated carbocycles. The number of nitrogens with zero attached hydrogens (tertiary/aromatic N) is 1. The number of rotatable bonds is 14. The predicted molar refractivity (Wildman–Crippen MR) is 134 cm³/mol. The first kappa shape index (κ1) is 26.3. The van der Waals surface area contributed by atoms with Gasteiger partial charge in [0.05, 0.1) is 17.0 Å². The minimum Gasteiger partial charge on any atom is -0.390 e. The Morgan fingerprint density at radius 2 is 1.74 bits per heavy atom. The lowest BCUT2D eigenvalue weighted by Crippen LogP contribution is -2.49. The molecule has 8 heteroatoms. The topological polar surface area (TPSA) is 98.7 Å². The highest BCUT2D eigenvalue weighted by Gasteiger charge is 2.28. The highest BCUT2D eigenvalue weighted by Crippen LogP contribution is 2.20. The molecule has 0 saturated heterocycles. The molecule has 2 aromatic carbocycles. The van der Waals surface area contributed by atoms with E-state index in [-0.39, 0.29) is 10.5 Å². The van der Waals surface area contributed by atoms with Gasteiger partial charge >= 0.3 is 0 Å². The second-order valence-corrected chi connectivity index (χ2v) is 10.9. The van der Waals surface area contributed by atoms with Crippen molar-refractivity contribution in [2.45, 2.75) is 69.0 Å². The maximum absolute atomic E-state index is 13.2. The van der Waals surface area contributed by atoms with Gasteiger partial charge in [0.1, 0.15) is 0 Å². The second-order valence-electron chi connectivity index (χ2n) is 8.95. The molecular formula is C26H37N3O4S. The van der Waals surface area contributed by atoms with Crippen molar-refractivity contribution >= 4 is 15.9 Å². The van der Waals surface area contributed by atoms with Crippen molar-refractivity contribution in [3.8, 4) is 0 Å². The number of carbonyl (C=O) groups excluding carboxylic acids is 1. The third kappa shape index (κ3) is 7.37. The van der Waals surface area contributed by atoms with Gasteiger partial charge < -0.3 is 15.7 Å². The van der Waals surface area contributed by atoms with Crippen molar-refractivity contribution in [3.05, 3.63) is 65.7 Å². The van der Waals surface area contributed by atoms with Gasteiger partial charge in [0.2, 0.25) is 10.0 Å². The summed E-state index contributed by atoms with van der Waals surface area (Å²) in [5, 5.41) is 17.1. The molecule has 0 heterocycles. The molecule has 34 heavy (non-hydrogen) atoms. The smallest absolute Gasteiger partial charge is 0.251 e. The van der Waals surface area contributed by atoms with Crippen molar-refractivity contribution in [2.24, 2.45) is 0 Å². The fourth-order valence-corrected chi connectivity index (χ4v) is 5.59. The normalized spacial score (nSPS) is 15.8. The van der Waals surface area contributed by atoms with E-state index in [2.05, 4.69) is 10.6 Å². The number of sulfonamides is 1. The number of aliphatic hydroxyl groups excluding tert-OH is 1. The minimum absolute atomic E-state index is 0.109. The molecule has 1 aliphatic rings. The second kappa shape index (κ2) is 12.4. The zero-order valence-corrected chi connectivity index (χ0v) is 20.9. The molecule has 186 valence electrons. The standard InChI is InChI=1S/C26H37N3O4S/c1-3-15-29(16-4-2)34(32,33)23-12-8-11-21(18-23)26(31)28-24(17-20-9-6-5-7-10-20)25(30)19-27-22-13-14-22/h5-12,18,22,24-25,27,30H,3-4,13-17,19H2,1-2H3,(H,28,31)/t24-,25+/m0/s1. The van der Waals surface area contributed by atoms with E-state index in [1.54, 1.807) is 12.1 Å². The van der Waals surface area contributed by atoms with Crippen LogP contribution in [0, 0.1) is 0 Å². The molecule has 0 bridgehead atoms. The van der Waals surface area contributed by atoms with Gasteiger partial charge in [0.15, 0.2) is 0 Å². The van der Waals surface area contributed by atoms with Crippen LogP contribution in [0.5, 0.6) is 0 Å². The van der Waals surface area contributed by atoms with Gasteiger partial charge in [-0.05, 0) is 55.9 Å². The zero-order valence-electron chi connectivity index (χ0n) is 20.1. The third-order valence-corrected chi connectivity index (χ3v) is 7.85. The lowest BCUT2D eigenvalue weighted by molar-refractivity contribution is 0.0830. The Labute approximate surface area is 203 Å². The van der Waals surface area contributed by atoms with Crippen LogP contribution in [0.25, 0.3) is 0 Å². The quantitative estimate of drug-likeness (QED) is 0.381. The molecule has 0 spiro atoms. The SMILES string of the molecule is CCCN(CCC)S(=O)(=O)c1cccc(C(=O)N[C@@H](Cc2ccccc2)[C@H](O)CNC2CC2)c1. The first-order valence-electron chi connectivity index (χ1n) is 12.2. The molecule has 0 radical (unpaired) electrons. The molecule has 3 N–H and O–H groups in total. The van der Waals surface area contributed by atoms with Gasteiger partial charge in [0.25, 0.3) is 5.91 Å². The molecule has 1 amide bonds. The number of nitrogens with one attached hydrogen (secondary N) is 2. The summed E-state index contributed by atoms with van der Waals surface area (Å²) in [7, 11) is -3.69. The minimum atomic E-state index is -3.69. The summed E-state index contributed by atoms with van der Waals surface area (Å²) >= 11 is 0. The van der Waals surface area contributed by atoms with Gasteiger partial charge in [-0.1, -0.05) is 50.2 Å². The number of amides is 1. The van der Waals surface area contributed by atoms with Gasteiger partial charge in [-0.25, -0.2) is 8.42 Å². The Morgan fingerprint density at radius 1 is 1.06 bits per heavy atom. The Bertz CT molecular complexity index is 1020. The van der Waals surface area contributed by atoms with E-state index in [0.717, 1.165) is 18.4 Å². The predicted octanol–water partition coefficient (Wildman–Crippen LogP) is 2.95. The first-order chi connectivity index (χ1) is 16.3. The molecule has 0 aromatic heterocycles. The summed E-state index contributed by atoms with van der Waals surface area (Å²) in [5.74, 6) is -0.402. The maximum Gasteiger partial charge on any atom is 0.251 e. The Kier molecular flexibility index (Phi) is 9.64. The van der Waals surface area contributed by atoms with E-state index in [9.17, 15) is 18.3 Å². The van der Waals surface area contributed by atoms with Gasteiger partial charge in [-0.15, -0.1) is 0 Å². The van der Waals surface area contributed by atoms with Crippen LogP contribution < -0.4 is 10.6 Å². The summed E-state index contributed by atoms with van der Waals surface area (Å²) in [6, 6.07) is 15.8. The highest BCUT2D eigenvalue weighted by molar-refractivity contribution is 7.89. The van der Waals surface area contributed by atoms with E-state index in [0.29, 0.717) is 44.9 Å². The van der Waals surface area contributed by atoms with Gasteiger partial charge in [-0.3, -0.25) is 4.79 Å². The van der Waals surface area contributed by atoms with Gasteiger partial charge in [-0.2, -0.15) is 4.31 Å². The van der Waals surface area contributed by atoms with Crippen LogP contribution >= 0.6 is 0 Å². The summed E-state index contributed by atoms with van der Waals surface area (Å²) in [4.78, 5) is 13.3. The van der Waals surface area contributed by atoms with Gasteiger partial charge in [0, 0.05) is 31.2 Å². The Morgan fingerprint density at radius 3 is 2.35 bits per heavy atom. The lowest BCUT2D eigenvalue weighted by atomic mass is 10.0. The van der Waals surface area contributed by atoms with Crippen LogP contribution in [0.3, 0.4) is 0 Å². The number of carbonyl (C=O) groups is 1. The van der Waals surface area contributed by atoms with Crippen molar-refractivity contribution < 1.29 is 18.3 Å². The fraction of sp³-hybridized carbons (Fsp3) is 0.500. The molecule has 0 aliphatic heterocycles. The Balaban J connectivity index is 1.77. The molecule has 2 aromatic rings. The fourth-order valence-electron chi connectivity index (χ4n) is 3.92. The largest absolute Gasteiger partial charge is 0.390 e. The summed E-state index contributed by atoms with van der Waals surface area (Å²) < 4.78 is 27.8. The van der Waals surface area contributed by atoms with Crippen LogP contribution in [0.4, 0.5) is 0 Å². The molecule has 3 rings (SSSR count). The van der Waals surface area contributed by atoms with Crippen molar-refractivity contribution in [2.75, 3.05) is 19.6 Å².